The van der Waals surface area contributed by atoms with E-state index in [1.807, 2.05) is 0 Å². The number of hydrogen-bond donors (Lipinski definition) is 2. The van der Waals surface area contributed by atoms with Gasteiger partial charge in [-0.1, -0.05) is 24.9 Å². The lowest BCUT2D eigenvalue weighted by molar-refractivity contribution is -0.135. The van der Waals surface area contributed by atoms with Crippen LogP contribution in [0.15, 0.2) is 36.9 Å². The summed E-state index contributed by atoms with van der Waals surface area (Å²) >= 11 is 6.31. The first kappa shape index (κ1) is 20.4. The topological polar surface area (TPSA) is 96.3 Å². The molecule has 1 aromatic carbocycles. The predicted octanol–water partition coefficient (Wildman–Crippen LogP) is 3.36. The highest BCUT2D eigenvalue weighted by atomic mass is 35.5. The van der Waals surface area contributed by atoms with Crippen molar-refractivity contribution in [1.82, 2.24) is 19.8 Å². The molecule has 8 nitrogen and oxygen atoms in total. The fourth-order valence-electron chi connectivity index (χ4n) is 4.28. The molecule has 4 rings (SSSR count). The van der Waals surface area contributed by atoms with E-state index in [2.05, 4.69) is 22.5 Å². The molecule has 2 fully saturated rings. The summed E-state index contributed by atoms with van der Waals surface area (Å²) in [6.45, 7) is 1.81. The van der Waals surface area contributed by atoms with Crippen molar-refractivity contribution in [3.05, 3.63) is 41.9 Å². The second-order valence-corrected chi connectivity index (χ2v) is 8.35. The molecule has 158 valence electrons. The highest BCUT2D eigenvalue weighted by molar-refractivity contribution is 6.32. The van der Waals surface area contributed by atoms with Crippen LogP contribution in [0.4, 0.5) is 10.5 Å². The summed E-state index contributed by atoms with van der Waals surface area (Å²) < 4.78 is 1.76. The number of carbonyl (C=O) groups is 3. The maximum Gasteiger partial charge on any atom is 0.325 e. The molecule has 0 radical (unpaired) electrons. The summed E-state index contributed by atoms with van der Waals surface area (Å²) in [6, 6.07) is 4.58. The van der Waals surface area contributed by atoms with Crippen LogP contribution in [0.5, 0.6) is 0 Å². The number of halogens is 1. The normalized spacial score (nSPS) is 23.7. The Hall–Kier alpha value is -2.87. The van der Waals surface area contributed by atoms with Gasteiger partial charge in [-0.25, -0.2) is 9.78 Å². The number of rotatable bonds is 5. The predicted molar refractivity (Wildman–Crippen MR) is 112 cm³/mol. The number of benzene rings is 1. The van der Waals surface area contributed by atoms with Gasteiger partial charge in [-0.15, -0.1) is 0 Å². The van der Waals surface area contributed by atoms with Gasteiger partial charge in [-0.2, -0.15) is 0 Å². The minimum Gasteiger partial charge on any atom is -0.324 e. The van der Waals surface area contributed by atoms with Gasteiger partial charge in [0.15, 0.2) is 0 Å². The van der Waals surface area contributed by atoms with E-state index in [9.17, 15) is 14.4 Å². The Labute approximate surface area is 179 Å². The van der Waals surface area contributed by atoms with E-state index >= 15 is 0 Å². The summed E-state index contributed by atoms with van der Waals surface area (Å²) in [4.78, 5) is 42.9. The zero-order valence-electron chi connectivity index (χ0n) is 16.7. The summed E-state index contributed by atoms with van der Waals surface area (Å²) in [5.41, 5.74) is 0.365. The van der Waals surface area contributed by atoms with E-state index in [0.717, 1.165) is 29.8 Å². The minimum atomic E-state index is -0.848. The Morgan fingerprint density at radius 2 is 2.10 bits per heavy atom. The summed E-state index contributed by atoms with van der Waals surface area (Å²) in [7, 11) is 0. The number of amides is 4. The average molecular weight is 430 g/mol. The van der Waals surface area contributed by atoms with Gasteiger partial charge in [0.1, 0.15) is 12.1 Å². The van der Waals surface area contributed by atoms with Crippen molar-refractivity contribution in [1.29, 1.82) is 0 Å². The maximum absolute atomic E-state index is 12.9. The molecule has 2 N–H and O–H groups in total. The lowest BCUT2D eigenvalue weighted by Crippen LogP contribution is -2.49. The molecule has 1 aliphatic carbocycles. The number of nitrogens with one attached hydrogen (secondary N) is 2. The molecular weight excluding hydrogens is 406 g/mol. The van der Waals surface area contributed by atoms with E-state index in [1.165, 1.54) is 0 Å². The summed E-state index contributed by atoms with van der Waals surface area (Å²) in [5, 5.41) is 5.99. The first-order valence-electron chi connectivity index (χ1n) is 10.1. The Kier molecular flexibility index (Phi) is 5.51. The van der Waals surface area contributed by atoms with Gasteiger partial charge in [0.25, 0.3) is 5.91 Å². The number of anilines is 1. The number of hydrogen-bond acceptors (Lipinski definition) is 4. The smallest absolute Gasteiger partial charge is 0.324 e. The van der Waals surface area contributed by atoms with Crippen molar-refractivity contribution in [2.75, 3.05) is 11.9 Å². The second kappa shape index (κ2) is 8.10. The third-order valence-corrected chi connectivity index (χ3v) is 6.40. The highest BCUT2D eigenvalue weighted by Crippen LogP contribution is 2.37. The molecule has 0 unspecified atom stereocenters. The molecule has 0 atom stereocenters. The maximum atomic E-state index is 12.9. The van der Waals surface area contributed by atoms with Crippen molar-refractivity contribution in [2.24, 2.45) is 5.92 Å². The van der Waals surface area contributed by atoms with Crippen molar-refractivity contribution < 1.29 is 14.4 Å². The van der Waals surface area contributed by atoms with Crippen molar-refractivity contribution in [3.63, 3.8) is 0 Å². The molecule has 1 saturated carbocycles. The molecule has 2 heterocycles. The fourth-order valence-corrected chi connectivity index (χ4v) is 4.56. The average Bonchev–Trinajstić information content (AvgIpc) is 3.33. The Balaban J connectivity index is 1.40. The Bertz CT molecular complexity index is 967. The van der Waals surface area contributed by atoms with Crippen molar-refractivity contribution >= 4 is 35.1 Å². The number of imide groups is 1. The van der Waals surface area contributed by atoms with Crippen LogP contribution in [0.25, 0.3) is 5.69 Å². The molecular formula is C21H24ClN5O3. The summed E-state index contributed by atoms with van der Waals surface area (Å²) in [5.74, 6) is -0.164. The fraction of sp³-hybridized carbons (Fsp3) is 0.429. The van der Waals surface area contributed by atoms with Crippen LogP contribution in [0, 0.1) is 5.92 Å². The van der Waals surface area contributed by atoms with E-state index in [4.69, 9.17) is 11.6 Å². The zero-order chi connectivity index (χ0) is 21.3. The van der Waals surface area contributed by atoms with Gasteiger partial charge in [-0.05, 0) is 49.8 Å². The molecule has 0 bridgehead atoms. The third-order valence-electron chi connectivity index (χ3n) is 6.10. The van der Waals surface area contributed by atoms with Gasteiger partial charge in [-0.3, -0.25) is 14.5 Å². The van der Waals surface area contributed by atoms with Gasteiger partial charge in [0, 0.05) is 18.1 Å². The van der Waals surface area contributed by atoms with Crippen LogP contribution in [-0.2, 0) is 9.59 Å². The van der Waals surface area contributed by atoms with Crippen LogP contribution in [-0.4, -0.2) is 44.4 Å². The first-order chi connectivity index (χ1) is 14.4. The first-order valence-corrected chi connectivity index (χ1v) is 10.5. The third kappa shape index (κ3) is 3.79. The van der Waals surface area contributed by atoms with E-state index in [0.29, 0.717) is 29.5 Å². The lowest BCUT2D eigenvalue weighted by atomic mass is 9.75. The van der Waals surface area contributed by atoms with Gasteiger partial charge < -0.3 is 15.2 Å². The lowest BCUT2D eigenvalue weighted by Gasteiger charge is -2.34. The molecule has 1 spiro atoms. The van der Waals surface area contributed by atoms with Gasteiger partial charge >= 0.3 is 6.03 Å². The van der Waals surface area contributed by atoms with Crippen LogP contribution >= 0.6 is 11.6 Å². The second-order valence-electron chi connectivity index (χ2n) is 7.94. The van der Waals surface area contributed by atoms with Crippen LogP contribution in [0.3, 0.4) is 0 Å². The zero-order valence-corrected chi connectivity index (χ0v) is 17.5. The monoisotopic (exact) mass is 429 g/mol. The highest BCUT2D eigenvalue weighted by Gasteiger charge is 2.52. The molecule has 2 aromatic rings. The molecule has 2 aliphatic rings. The van der Waals surface area contributed by atoms with E-state index in [-0.39, 0.29) is 12.5 Å². The Morgan fingerprint density at radius 3 is 2.73 bits per heavy atom. The Morgan fingerprint density at radius 1 is 1.33 bits per heavy atom. The largest absolute Gasteiger partial charge is 0.325 e. The standard InChI is InChI=1S/C21H24ClN5O3/c1-2-14-5-7-21(8-6-14)19(29)27(20(30)25-21)12-18(28)24-15-3-4-17(16(22)11-15)26-10-9-23-13-26/h3-4,9-11,13-14H,2,5-8,12H2,1H3,(H,24,28)(H,25,30). The van der Waals surface area contributed by atoms with Crippen molar-refractivity contribution in [3.8, 4) is 5.69 Å². The summed E-state index contributed by atoms with van der Waals surface area (Å²) in [6.07, 6.45) is 9.17. The number of imidazole rings is 1. The van der Waals surface area contributed by atoms with Gasteiger partial charge in [0.05, 0.1) is 17.0 Å². The number of nitrogens with zero attached hydrogens (tertiary/aromatic N) is 3. The number of aromatic nitrogens is 2. The number of carbonyl (C=O) groups excluding carboxylic acids is 3. The molecule has 9 heteroatoms. The van der Waals surface area contributed by atoms with E-state index < -0.39 is 17.5 Å². The van der Waals surface area contributed by atoms with Crippen molar-refractivity contribution in [2.45, 2.75) is 44.6 Å². The van der Waals surface area contributed by atoms with Crippen LogP contribution in [0.2, 0.25) is 5.02 Å². The SMILES string of the molecule is CCC1CCC2(CC1)NC(=O)N(CC(=O)Nc1ccc(-n3ccnc3)c(Cl)c1)C2=O. The van der Waals surface area contributed by atoms with Crippen LogP contribution in [0.1, 0.15) is 39.0 Å². The van der Waals surface area contributed by atoms with Crippen LogP contribution < -0.4 is 10.6 Å². The molecule has 30 heavy (non-hydrogen) atoms. The molecule has 1 aliphatic heterocycles. The molecule has 1 saturated heterocycles. The number of urea groups is 1. The minimum absolute atomic E-state index is 0.300. The quantitative estimate of drug-likeness (QED) is 0.712. The van der Waals surface area contributed by atoms with E-state index in [1.54, 1.807) is 41.5 Å². The molecule has 1 aromatic heterocycles. The van der Waals surface area contributed by atoms with Gasteiger partial charge in [0.2, 0.25) is 5.91 Å². The molecule has 4 amide bonds.